The van der Waals surface area contributed by atoms with Crippen molar-refractivity contribution in [1.29, 1.82) is 0 Å². The summed E-state index contributed by atoms with van der Waals surface area (Å²) >= 11 is 3.71. The maximum atomic E-state index is 5.29. The maximum Gasteiger partial charge on any atom is 0.150 e. The molecule has 0 unspecified atom stereocenters. The van der Waals surface area contributed by atoms with Crippen molar-refractivity contribution in [3.63, 3.8) is 0 Å². The third-order valence-electron chi connectivity index (χ3n) is 3.73. The molecular formula is C15H14N2OS2. The number of fused-ring (bicyclic) bond motifs is 1. The lowest BCUT2D eigenvalue weighted by atomic mass is 9.98. The van der Waals surface area contributed by atoms with Gasteiger partial charge in [0.1, 0.15) is 0 Å². The molecule has 1 aliphatic heterocycles. The predicted molar refractivity (Wildman–Crippen MR) is 81.1 cm³/mol. The minimum atomic E-state index is 0.357. The van der Waals surface area contributed by atoms with Crippen LogP contribution in [0.5, 0.6) is 0 Å². The van der Waals surface area contributed by atoms with Gasteiger partial charge in [-0.2, -0.15) is 0 Å². The molecule has 3 aromatic rings. The highest BCUT2D eigenvalue weighted by Gasteiger charge is 2.30. The number of thiophene rings is 2. The standard InChI is InChI=1S/C15H14N2OS2/c1-2-14(19-8-1)15-12-5-9-20-13(12)4-7-17(15)10-11-3-6-16-18-11/h1-3,5-6,8-9,15H,4,7,10H2/t15-/m0/s1. The Hall–Kier alpha value is -1.43. The Morgan fingerprint density at radius 1 is 1.25 bits per heavy atom. The first-order chi connectivity index (χ1) is 9.92. The Kier molecular flexibility index (Phi) is 3.18. The maximum absolute atomic E-state index is 5.29. The van der Waals surface area contributed by atoms with Crippen LogP contribution in [0.1, 0.15) is 27.1 Å². The summed E-state index contributed by atoms with van der Waals surface area (Å²) in [5.41, 5.74) is 1.46. The first-order valence-corrected chi connectivity index (χ1v) is 8.41. The molecule has 0 saturated carbocycles. The largest absolute Gasteiger partial charge is 0.360 e. The van der Waals surface area contributed by atoms with Crippen molar-refractivity contribution in [2.45, 2.75) is 19.0 Å². The molecule has 0 N–H and O–H groups in total. The molecule has 0 radical (unpaired) electrons. The topological polar surface area (TPSA) is 29.3 Å². The van der Waals surface area contributed by atoms with Gasteiger partial charge in [-0.1, -0.05) is 11.2 Å². The van der Waals surface area contributed by atoms with E-state index in [1.54, 1.807) is 6.20 Å². The first kappa shape index (κ1) is 12.3. The quantitative estimate of drug-likeness (QED) is 0.734. The van der Waals surface area contributed by atoms with E-state index in [-0.39, 0.29) is 0 Å². The van der Waals surface area contributed by atoms with Crippen LogP contribution in [0, 0.1) is 0 Å². The molecule has 0 saturated heterocycles. The number of nitrogens with zero attached hydrogens (tertiary/aromatic N) is 2. The molecule has 0 bridgehead atoms. The van der Waals surface area contributed by atoms with Crippen LogP contribution in [0.2, 0.25) is 0 Å². The zero-order valence-corrected chi connectivity index (χ0v) is 12.5. The highest BCUT2D eigenvalue weighted by Crippen LogP contribution is 2.39. The second kappa shape index (κ2) is 5.16. The van der Waals surface area contributed by atoms with E-state index in [0.717, 1.165) is 25.3 Å². The van der Waals surface area contributed by atoms with E-state index in [2.05, 4.69) is 39.0 Å². The summed E-state index contributed by atoms with van der Waals surface area (Å²) in [6.07, 6.45) is 2.85. The van der Waals surface area contributed by atoms with Crippen LogP contribution in [-0.2, 0) is 13.0 Å². The molecule has 0 aliphatic carbocycles. The van der Waals surface area contributed by atoms with E-state index >= 15 is 0 Å². The molecule has 1 aliphatic rings. The summed E-state index contributed by atoms with van der Waals surface area (Å²) < 4.78 is 5.29. The van der Waals surface area contributed by atoms with Crippen molar-refractivity contribution in [1.82, 2.24) is 10.1 Å². The van der Waals surface area contributed by atoms with Gasteiger partial charge in [-0.05, 0) is 34.9 Å². The monoisotopic (exact) mass is 302 g/mol. The van der Waals surface area contributed by atoms with Crippen LogP contribution in [0.15, 0.2) is 45.7 Å². The minimum absolute atomic E-state index is 0.357. The molecule has 102 valence electrons. The van der Waals surface area contributed by atoms with E-state index < -0.39 is 0 Å². The molecule has 0 aromatic carbocycles. The van der Waals surface area contributed by atoms with Gasteiger partial charge in [0, 0.05) is 22.4 Å². The fourth-order valence-corrected chi connectivity index (χ4v) is 4.62. The normalized spacial score (nSPS) is 19.1. The average Bonchev–Trinajstić information content (AvgIpc) is 3.21. The van der Waals surface area contributed by atoms with Crippen molar-refractivity contribution in [3.8, 4) is 0 Å². The Bertz CT molecular complexity index is 673. The lowest BCUT2D eigenvalue weighted by Crippen LogP contribution is -2.34. The van der Waals surface area contributed by atoms with Crippen LogP contribution in [0.4, 0.5) is 0 Å². The van der Waals surface area contributed by atoms with Gasteiger partial charge in [-0.15, -0.1) is 22.7 Å². The summed E-state index contributed by atoms with van der Waals surface area (Å²) in [5.74, 6) is 0.935. The number of hydrogen-bond donors (Lipinski definition) is 0. The van der Waals surface area contributed by atoms with Gasteiger partial charge >= 0.3 is 0 Å². The Morgan fingerprint density at radius 2 is 2.25 bits per heavy atom. The average molecular weight is 302 g/mol. The van der Waals surface area contributed by atoms with Crippen molar-refractivity contribution < 1.29 is 4.52 Å². The second-order valence-corrected chi connectivity index (χ2v) is 6.90. The third-order valence-corrected chi connectivity index (χ3v) is 5.65. The van der Waals surface area contributed by atoms with E-state index in [1.165, 1.54) is 15.3 Å². The first-order valence-electron chi connectivity index (χ1n) is 6.65. The summed E-state index contributed by atoms with van der Waals surface area (Å²) in [7, 11) is 0. The molecule has 20 heavy (non-hydrogen) atoms. The smallest absolute Gasteiger partial charge is 0.150 e. The van der Waals surface area contributed by atoms with E-state index in [0.29, 0.717) is 6.04 Å². The Balaban J connectivity index is 1.71. The van der Waals surface area contributed by atoms with Gasteiger partial charge in [-0.3, -0.25) is 4.90 Å². The molecular weight excluding hydrogens is 288 g/mol. The van der Waals surface area contributed by atoms with Gasteiger partial charge in [0.2, 0.25) is 0 Å². The highest BCUT2D eigenvalue weighted by atomic mass is 32.1. The van der Waals surface area contributed by atoms with Crippen LogP contribution in [0.3, 0.4) is 0 Å². The molecule has 0 fully saturated rings. The van der Waals surface area contributed by atoms with Gasteiger partial charge in [0.25, 0.3) is 0 Å². The molecule has 1 atom stereocenters. The van der Waals surface area contributed by atoms with Crippen LogP contribution in [0.25, 0.3) is 0 Å². The van der Waals surface area contributed by atoms with E-state index in [1.807, 2.05) is 28.7 Å². The summed E-state index contributed by atoms with van der Waals surface area (Å²) in [6, 6.07) is 8.95. The number of hydrogen-bond acceptors (Lipinski definition) is 5. The SMILES string of the molecule is c1csc([C@@H]2c3ccsc3CCN2Cc2ccno2)c1. The molecule has 5 heteroatoms. The number of rotatable bonds is 3. The van der Waals surface area contributed by atoms with Crippen molar-refractivity contribution in [2.75, 3.05) is 6.54 Å². The van der Waals surface area contributed by atoms with Crippen molar-refractivity contribution in [2.24, 2.45) is 0 Å². The number of aromatic nitrogens is 1. The van der Waals surface area contributed by atoms with E-state index in [9.17, 15) is 0 Å². The van der Waals surface area contributed by atoms with Crippen LogP contribution < -0.4 is 0 Å². The summed E-state index contributed by atoms with van der Waals surface area (Å²) in [6.45, 7) is 1.88. The van der Waals surface area contributed by atoms with Crippen LogP contribution in [-0.4, -0.2) is 16.6 Å². The second-order valence-electron chi connectivity index (χ2n) is 4.92. The lowest BCUT2D eigenvalue weighted by molar-refractivity contribution is 0.185. The van der Waals surface area contributed by atoms with Gasteiger partial charge in [0.15, 0.2) is 5.76 Å². The molecule has 4 rings (SSSR count). The van der Waals surface area contributed by atoms with Gasteiger partial charge in [-0.25, -0.2) is 0 Å². The zero-order valence-electron chi connectivity index (χ0n) is 10.9. The highest BCUT2D eigenvalue weighted by molar-refractivity contribution is 7.10. The Labute approximate surface area is 125 Å². The van der Waals surface area contributed by atoms with Crippen LogP contribution >= 0.6 is 22.7 Å². The fraction of sp³-hybridized carbons (Fsp3) is 0.267. The van der Waals surface area contributed by atoms with Crippen molar-refractivity contribution >= 4 is 22.7 Å². The molecule has 0 amide bonds. The Morgan fingerprint density at radius 3 is 3.05 bits per heavy atom. The lowest BCUT2D eigenvalue weighted by Gasteiger charge is -2.34. The van der Waals surface area contributed by atoms with E-state index in [4.69, 9.17) is 4.52 Å². The third kappa shape index (κ3) is 2.12. The summed E-state index contributed by atoms with van der Waals surface area (Å²) in [5, 5.41) is 8.18. The molecule has 0 spiro atoms. The summed E-state index contributed by atoms with van der Waals surface area (Å²) in [4.78, 5) is 5.42. The fourth-order valence-electron chi connectivity index (χ4n) is 2.84. The van der Waals surface area contributed by atoms with Gasteiger partial charge < -0.3 is 4.52 Å². The molecule has 4 heterocycles. The zero-order chi connectivity index (χ0) is 13.4. The predicted octanol–water partition coefficient (Wildman–Crippen LogP) is 3.95. The van der Waals surface area contributed by atoms with Crippen molar-refractivity contribution in [3.05, 3.63) is 62.3 Å². The minimum Gasteiger partial charge on any atom is -0.360 e. The molecule has 3 aromatic heterocycles. The van der Waals surface area contributed by atoms with Gasteiger partial charge in [0.05, 0.1) is 18.8 Å². The molecule has 3 nitrogen and oxygen atoms in total.